The molecule has 3 rings (SSSR count). The molecule has 9 heteroatoms. The van der Waals surface area contributed by atoms with Gasteiger partial charge in [-0.25, -0.2) is 4.79 Å². The van der Waals surface area contributed by atoms with Gasteiger partial charge in [-0.3, -0.25) is 15.0 Å². The number of aromatic nitrogens is 3. The van der Waals surface area contributed by atoms with Crippen molar-refractivity contribution in [2.24, 2.45) is 0 Å². The number of piperidine rings is 1. The van der Waals surface area contributed by atoms with Crippen LogP contribution in [0.5, 0.6) is 0 Å². The van der Waals surface area contributed by atoms with Crippen molar-refractivity contribution < 1.29 is 9.59 Å². The number of nitrogens with one attached hydrogen (secondary N) is 2. The summed E-state index contributed by atoms with van der Waals surface area (Å²) in [5.41, 5.74) is 1.16. The lowest BCUT2D eigenvalue weighted by atomic mass is 10.1. The number of likely N-dealkylation sites (tertiary alicyclic amines) is 1. The van der Waals surface area contributed by atoms with Gasteiger partial charge in [-0.1, -0.05) is 61.9 Å². The topological polar surface area (TPSA) is 92.2 Å². The lowest BCUT2D eigenvalue weighted by molar-refractivity contribution is -0.117. The van der Waals surface area contributed by atoms with Crippen molar-refractivity contribution in [1.82, 2.24) is 30.3 Å². The fourth-order valence-electron chi connectivity index (χ4n) is 3.50. The lowest BCUT2D eigenvalue weighted by Gasteiger charge is -2.26. The normalized spacial score (nSPS) is 14.4. The number of rotatable bonds is 10. The molecule has 0 atom stereocenters. The summed E-state index contributed by atoms with van der Waals surface area (Å²) in [6.07, 6.45) is 5.60. The van der Waals surface area contributed by atoms with Crippen LogP contribution in [0.15, 0.2) is 35.5 Å². The van der Waals surface area contributed by atoms with E-state index in [1.807, 2.05) is 25.1 Å². The monoisotopic (exact) mass is 444 g/mol. The Morgan fingerprint density at radius 1 is 1.06 bits per heavy atom. The zero-order valence-electron chi connectivity index (χ0n) is 18.2. The van der Waals surface area contributed by atoms with Crippen LogP contribution in [0.3, 0.4) is 0 Å². The van der Waals surface area contributed by atoms with Gasteiger partial charge in [0.2, 0.25) is 5.91 Å². The predicted octanol–water partition coefficient (Wildman–Crippen LogP) is 3.03. The van der Waals surface area contributed by atoms with Crippen LogP contribution in [0.2, 0.25) is 0 Å². The molecular formula is C22H32N6O2S. The van der Waals surface area contributed by atoms with Crippen molar-refractivity contribution in [2.45, 2.75) is 57.3 Å². The maximum Gasteiger partial charge on any atom is 0.321 e. The van der Waals surface area contributed by atoms with E-state index in [0.717, 1.165) is 43.9 Å². The summed E-state index contributed by atoms with van der Waals surface area (Å²) in [5.74, 6) is 0.675. The SMILES string of the molecule is CCCCNC(=O)NC(=O)CSc1nnc(CN2CCCCC2)n1Cc1ccccc1. The quantitative estimate of drug-likeness (QED) is 0.432. The third kappa shape index (κ3) is 7.66. The third-order valence-corrected chi connectivity index (χ3v) is 6.16. The van der Waals surface area contributed by atoms with Gasteiger partial charge in [-0.2, -0.15) is 0 Å². The fraction of sp³-hybridized carbons (Fsp3) is 0.545. The van der Waals surface area contributed by atoms with Gasteiger partial charge in [-0.05, 0) is 37.9 Å². The Hall–Kier alpha value is -2.39. The minimum atomic E-state index is -0.449. The number of carbonyl (C=O) groups is 2. The molecule has 3 amide bonds. The molecule has 1 fully saturated rings. The maximum atomic E-state index is 12.2. The molecular weight excluding hydrogens is 412 g/mol. The van der Waals surface area contributed by atoms with Crippen LogP contribution in [0.4, 0.5) is 4.79 Å². The van der Waals surface area contributed by atoms with Crippen LogP contribution in [-0.4, -0.2) is 57.0 Å². The Balaban J connectivity index is 1.63. The number of carbonyl (C=O) groups excluding carboxylic acids is 2. The second-order valence-corrected chi connectivity index (χ2v) is 8.70. The fourth-order valence-corrected chi connectivity index (χ4v) is 4.26. The van der Waals surface area contributed by atoms with Gasteiger partial charge in [0.05, 0.1) is 18.8 Å². The number of benzene rings is 1. The van der Waals surface area contributed by atoms with Gasteiger partial charge >= 0.3 is 6.03 Å². The van der Waals surface area contributed by atoms with E-state index >= 15 is 0 Å². The highest BCUT2D eigenvalue weighted by Crippen LogP contribution is 2.21. The summed E-state index contributed by atoms with van der Waals surface area (Å²) >= 11 is 1.31. The number of imide groups is 1. The largest absolute Gasteiger partial charge is 0.338 e. The number of hydrogen-bond donors (Lipinski definition) is 2. The minimum absolute atomic E-state index is 0.109. The molecule has 1 aromatic carbocycles. The summed E-state index contributed by atoms with van der Waals surface area (Å²) in [7, 11) is 0. The lowest BCUT2D eigenvalue weighted by Crippen LogP contribution is -2.40. The van der Waals surface area contributed by atoms with Crippen LogP contribution in [0, 0.1) is 0 Å². The second-order valence-electron chi connectivity index (χ2n) is 7.75. The molecule has 0 spiro atoms. The smallest absolute Gasteiger partial charge is 0.321 e. The summed E-state index contributed by atoms with van der Waals surface area (Å²) < 4.78 is 2.09. The summed E-state index contributed by atoms with van der Waals surface area (Å²) in [6.45, 7) is 6.18. The average Bonchev–Trinajstić information content (AvgIpc) is 3.15. The van der Waals surface area contributed by atoms with Crippen LogP contribution >= 0.6 is 11.8 Å². The number of unbranched alkanes of at least 4 members (excludes halogenated alkanes) is 1. The summed E-state index contributed by atoms with van der Waals surface area (Å²) in [6, 6.07) is 9.73. The number of amides is 3. The first-order valence-corrected chi connectivity index (χ1v) is 12.0. The van der Waals surface area contributed by atoms with E-state index < -0.39 is 6.03 Å². The molecule has 0 unspecified atom stereocenters. The molecule has 1 aliphatic heterocycles. The van der Waals surface area contributed by atoms with E-state index in [-0.39, 0.29) is 11.7 Å². The van der Waals surface area contributed by atoms with E-state index in [0.29, 0.717) is 18.2 Å². The van der Waals surface area contributed by atoms with Gasteiger partial charge in [-0.15, -0.1) is 10.2 Å². The molecule has 0 bridgehead atoms. The molecule has 1 aliphatic rings. The average molecular weight is 445 g/mol. The third-order valence-electron chi connectivity index (χ3n) is 5.19. The van der Waals surface area contributed by atoms with Gasteiger partial charge in [0.1, 0.15) is 5.82 Å². The molecule has 8 nitrogen and oxygen atoms in total. The van der Waals surface area contributed by atoms with Gasteiger partial charge < -0.3 is 9.88 Å². The Kier molecular flexibility index (Phi) is 9.36. The Morgan fingerprint density at radius 2 is 1.84 bits per heavy atom. The number of urea groups is 1. The molecule has 2 heterocycles. The van der Waals surface area contributed by atoms with E-state index in [2.05, 4.69) is 42.4 Å². The van der Waals surface area contributed by atoms with Crippen molar-refractivity contribution in [3.63, 3.8) is 0 Å². The summed E-state index contributed by atoms with van der Waals surface area (Å²) in [5, 5.41) is 14.5. The molecule has 0 radical (unpaired) electrons. The van der Waals surface area contributed by atoms with E-state index in [4.69, 9.17) is 0 Å². The van der Waals surface area contributed by atoms with Crippen LogP contribution < -0.4 is 10.6 Å². The van der Waals surface area contributed by atoms with E-state index in [1.165, 1.54) is 31.0 Å². The van der Waals surface area contributed by atoms with Crippen molar-refractivity contribution in [3.05, 3.63) is 41.7 Å². The molecule has 0 aliphatic carbocycles. The van der Waals surface area contributed by atoms with Crippen molar-refractivity contribution in [3.8, 4) is 0 Å². The van der Waals surface area contributed by atoms with Gasteiger partial charge in [0.25, 0.3) is 0 Å². The van der Waals surface area contributed by atoms with E-state index in [1.54, 1.807) is 0 Å². The molecule has 2 N–H and O–H groups in total. The van der Waals surface area contributed by atoms with Gasteiger partial charge in [0.15, 0.2) is 5.16 Å². The number of nitrogens with zero attached hydrogens (tertiary/aromatic N) is 4. The first-order valence-electron chi connectivity index (χ1n) is 11.0. The van der Waals surface area contributed by atoms with Crippen LogP contribution in [-0.2, 0) is 17.9 Å². The molecule has 1 aromatic heterocycles. The minimum Gasteiger partial charge on any atom is -0.338 e. The van der Waals surface area contributed by atoms with Crippen LogP contribution in [0.1, 0.15) is 50.4 Å². The zero-order valence-corrected chi connectivity index (χ0v) is 19.0. The van der Waals surface area contributed by atoms with Crippen molar-refractivity contribution in [1.29, 1.82) is 0 Å². The number of hydrogen-bond acceptors (Lipinski definition) is 6. The van der Waals surface area contributed by atoms with Crippen molar-refractivity contribution in [2.75, 3.05) is 25.4 Å². The predicted molar refractivity (Wildman–Crippen MR) is 122 cm³/mol. The first-order chi connectivity index (χ1) is 15.2. The maximum absolute atomic E-state index is 12.2. The zero-order chi connectivity index (χ0) is 21.9. The highest BCUT2D eigenvalue weighted by Gasteiger charge is 2.19. The van der Waals surface area contributed by atoms with Gasteiger partial charge in [0, 0.05) is 6.54 Å². The highest BCUT2D eigenvalue weighted by atomic mass is 32.2. The number of thioether (sulfide) groups is 1. The molecule has 2 aromatic rings. The Bertz CT molecular complexity index is 836. The van der Waals surface area contributed by atoms with E-state index in [9.17, 15) is 9.59 Å². The van der Waals surface area contributed by atoms with Crippen LogP contribution in [0.25, 0.3) is 0 Å². The molecule has 0 saturated carbocycles. The molecule has 31 heavy (non-hydrogen) atoms. The standard InChI is InChI=1S/C22H32N6O2S/c1-2-3-12-23-21(30)24-20(29)17-31-22-26-25-19(16-27-13-8-5-9-14-27)28(22)15-18-10-6-4-7-11-18/h4,6-7,10-11H,2-3,5,8-9,12-17H2,1H3,(H2,23,24,29,30). The second kappa shape index (κ2) is 12.5. The molecule has 1 saturated heterocycles. The highest BCUT2D eigenvalue weighted by molar-refractivity contribution is 7.99. The van der Waals surface area contributed by atoms with Crippen molar-refractivity contribution >= 4 is 23.7 Å². The molecule has 168 valence electrons. The first kappa shape index (κ1) is 23.3. The summed E-state index contributed by atoms with van der Waals surface area (Å²) in [4.78, 5) is 26.4. The Labute approximate surface area is 188 Å². The Morgan fingerprint density at radius 3 is 2.58 bits per heavy atom.